The average molecular weight is 189 g/mol. The molecule has 0 aromatic rings. The fourth-order valence-electron chi connectivity index (χ4n) is 2.02. The number of hydrogen-bond acceptors (Lipinski definition) is 3. The third-order valence-electron chi connectivity index (χ3n) is 2.76. The summed E-state index contributed by atoms with van der Waals surface area (Å²) in [5.74, 6) is 0. The van der Waals surface area contributed by atoms with Crippen molar-refractivity contribution in [2.24, 2.45) is 0 Å². The maximum absolute atomic E-state index is 8.99. The van der Waals surface area contributed by atoms with E-state index < -0.39 is 0 Å². The minimum atomic E-state index is 0.859. The molecule has 0 aromatic heterocycles. The number of rotatable bonds is 1. The molecule has 1 heterocycles. The minimum Gasteiger partial charge on any atom is -0.371 e. The van der Waals surface area contributed by atoms with Crippen LogP contribution in [-0.2, 0) is 0 Å². The Balaban J connectivity index is 2.17. The Morgan fingerprint density at radius 1 is 1.36 bits per heavy atom. The van der Waals surface area contributed by atoms with Crippen molar-refractivity contribution in [3.05, 3.63) is 23.4 Å². The van der Waals surface area contributed by atoms with Crippen LogP contribution in [-0.4, -0.2) is 31.1 Å². The van der Waals surface area contributed by atoms with E-state index in [-0.39, 0.29) is 0 Å². The summed E-state index contributed by atoms with van der Waals surface area (Å²) >= 11 is 0. The van der Waals surface area contributed by atoms with E-state index in [9.17, 15) is 0 Å². The van der Waals surface area contributed by atoms with E-state index >= 15 is 0 Å². The highest BCUT2D eigenvalue weighted by molar-refractivity contribution is 5.39. The number of piperazine rings is 1. The SMILES string of the molecule is N#CC1=C(N2CCNCC2)CCC=C1. The maximum atomic E-state index is 8.99. The van der Waals surface area contributed by atoms with Crippen LogP contribution in [0.4, 0.5) is 0 Å². The number of allylic oxidation sites excluding steroid dienone is 4. The van der Waals surface area contributed by atoms with E-state index in [0.717, 1.165) is 44.6 Å². The first-order valence-electron chi connectivity index (χ1n) is 5.17. The fraction of sp³-hybridized carbons (Fsp3) is 0.545. The number of hydrogen-bond donors (Lipinski definition) is 1. The second kappa shape index (κ2) is 4.30. The minimum absolute atomic E-state index is 0.859. The van der Waals surface area contributed by atoms with Crippen LogP contribution in [0, 0.1) is 11.3 Å². The van der Waals surface area contributed by atoms with Gasteiger partial charge in [-0.3, -0.25) is 0 Å². The van der Waals surface area contributed by atoms with Crippen LogP contribution >= 0.6 is 0 Å². The molecule has 14 heavy (non-hydrogen) atoms. The maximum Gasteiger partial charge on any atom is 0.101 e. The quantitative estimate of drug-likeness (QED) is 0.669. The third-order valence-corrected chi connectivity index (χ3v) is 2.76. The Hall–Kier alpha value is -1.27. The van der Waals surface area contributed by atoms with Crippen molar-refractivity contribution < 1.29 is 0 Å². The summed E-state index contributed by atoms with van der Waals surface area (Å²) in [6.07, 6.45) is 6.15. The van der Waals surface area contributed by atoms with Gasteiger partial charge in [0, 0.05) is 31.9 Å². The zero-order valence-electron chi connectivity index (χ0n) is 8.29. The zero-order chi connectivity index (χ0) is 9.80. The van der Waals surface area contributed by atoms with Crippen molar-refractivity contribution in [1.29, 1.82) is 5.26 Å². The van der Waals surface area contributed by atoms with Gasteiger partial charge < -0.3 is 10.2 Å². The first kappa shape index (κ1) is 9.29. The molecule has 74 valence electrons. The smallest absolute Gasteiger partial charge is 0.101 e. The molecular weight excluding hydrogens is 174 g/mol. The monoisotopic (exact) mass is 189 g/mol. The van der Waals surface area contributed by atoms with E-state index in [4.69, 9.17) is 5.26 Å². The molecule has 2 rings (SSSR count). The summed E-state index contributed by atoms with van der Waals surface area (Å²) < 4.78 is 0. The van der Waals surface area contributed by atoms with Gasteiger partial charge in [0.2, 0.25) is 0 Å². The topological polar surface area (TPSA) is 39.1 Å². The van der Waals surface area contributed by atoms with Crippen molar-refractivity contribution in [3.8, 4) is 6.07 Å². The summed E-state index contributed by atoms with van der Waals surface area (Å²) in [4.78, 5) is 2.35. The summed E-state index contributed by atoms with van der Waals surface area (Å²) in [7, 11) is 0. The average Bonchev–Trinajstić information content (AvgIpc) is 2.30. The lowest BCUT2D eigenvalue weighted by atomic mass is 10.0. The van der Waals surface area contributed by atoms with Gasteiger partial charge in [0.1, 0.15) is 6.07 Å². The summed E-state index contributed by atoms with van der Waals surface area (Å²) in [6.45, 7) is 4.14. The molecule has 0 radical (unpaired) electrons. The van der Waals surface area contributed by atoms with Crippen LogP contribution in [0.2, 0.25) is 0 Å². The third kappa shape index (κ3) is 1.80. The summed E-state index contributed by atoms with van der Waals surface area (Å²) in [5.41, 5.74) is 2.11. The van der Waals surface area contributed by atoms with Gasteiger partial charge in [-0.1, -0.05) is 6.08 Å². The molecule has 0 amide bonds. The molecule has 0 aromatic carbocycles. The van der Waals surface area contributed by atoms with Crippen molar-refractivity contribution >= 4 is 0 Å². The molecule has 0 atom stereocenters. The van der Waals surface area contributed by atoms with Gasteiger partial charge in [-0.25, -0.2) is 0 Å². The van der Waals surface area contributed by atoms with Crippen molar-refractivity contribution in [1.82, 2.24) is 10.2 Å². The number of nitriles is 1. The first-order valence-corrected chi connectivity index (χ1v) is 5.17. The molecule has 0 spiro atoms. The first-order chi connectivity index (χ1) is 6.92. The van der Waals surface area contributed by atoms with Crippen LogP contribution in [0.25, 0.3) is 0 Å². The Morgan fingerprint density at radius 2 is 2.14 bits per heavy atom. The van der Waals surface area contributed by atoms with E-state index in [1.165, 1.54) is 5.70 Å². The lowest BCUT2D eigenvalue weighted by Gasteiger charge is -2.32. The lowest BCUT2D eigenvalue weighted by molar-refractivity contribution is 0.288. The molecule has 3 nitrogen and oxygen atoms in total. The van der Waals surface area contributed by atoms with Gasteiger partial charge in [0.25, 0.3) is 0 Å². The van der Waals surface area contributed by atoms with Crippen molar-refractivity contribution in [2.75, 3.05) is 26.2 Å². The highest BCUT2D eigenvalue weighted by Crippen LogP contribution is 2.22. The van der Waals surface area contributed by atoms with Gasteiger partial charge >= 0.3 is 0 Å². The molecule has 0 bridgehead atoms. The van der Waals surface area contributed by atoms with Crippen LogP contribution in [0.3, 0.4) is 0 Å². The van der Waals surface area contributed by atoms with Crippen LogP contribution in [0.15, 0.2) is 23.4 Å². The van der Waals surface area contributed by atoms with E-state index in [2.05, 4.69) is 22.4 Å². The molecule has 2 aliphatic rings. The predicted molar refractivity (Wildman–Crippen MR) is 55.5 cm³/mol. The van der Waals surface area contributed by atoms with Crippen LogP contribution in [0.1, 0.15) is 12.8 Å². The van der Waals surface area contributed by atoms with Crippen LogP contribution < -0.4 is 5.32 Å². The van der Waals surface area contributed by atoms with Gasteiger partial charge in [-0.15, -0.1) is 0 Å². The zero-order valence-corrected chi connectivity index (χ0v) is 8.29. The molecular formula is C11H15N3. The molecule has 1 fully saturated rings. The largest absolute Gasteiger partial charge is 0.371 e. The number of nitrogens with zero attached hydrogens (tertiary/aromatic N) is 2. The molecule has 0 unspecified atom stereocenters. The molecule has 1 saturated heterocycles. The summed E-state index contributed by atoms with van der Waals surface area (Å²) in [6, 6.07) is 2.28. The molecule has 1 aliphatic heterocycles. The normalized spacial score (nSPS) is 22.4. The van der Waals surface area contributed by atoms with Gasteiger partial charge in [0.05, 0.1) is 5.57 Å². The highest BCUT2D eigenvalue weighted by Gasteiger charge is 2.17. The molecule has 3 heteroatoms. The second-order valence-electron chi connectivity index (χ2n) is 3.65. The summed E-state index contributed by atoms with van der Waals surface area (Å²) in [5, 5.41) is 12.3. The standard InChI is InChI=1S/C11H15N3/c12-9-10-3-1-2-4-11(10)14-7-5-13-6-8-14/h1,3,13H,2,4-8H2. The molecule has 0 saturated carbocycles. The molecule has 1 aliphatic carbocycles. The van der Waals surface area contributed by atoms with E-state index in [0.29, 0.717) is 0 Å². The molecule has 1 N–H and O–H groups in total. The Labute approximate surface area is 84.7 Å². The fourth-order valence-corrected chi connectivity index (χ4v) is 2.02. The second-order valence-corrected chi connectivity index (χ2v) is 3.65. The van der Waals surface area contributed by atoms with Crippen LogP contribution in [0.5, 0.6) is 0 Å². The van der Waals surface area contributed by atoms with E-state index in [1.807, 2.05) is 6.08 Å². The van der Waals surface area contributed by atoms with Gasteiger partial charge in [-0.05, 0) is 18.9 Å². The Kier molecular flexibility index (Phi) is 2.85. The Bertz CT molecular complexity index is 303. The Morgan fingerprint density at radius 3 is 2.86 bits per heavy atom. The lowest BCUT2D eigenvalue weighted by Crippen LogP contribution is -2.43. The van der Waals surface area contributed by atoms with Gasteiger partial charge in [-0.2, -0.15) is 5.26 Å². The van der Waals surface area contributed by atoms with E-state index in [1.54, 1.807) is 0 Å². The number of nitrogens with one attached hydrogen (secondary N) is 1. The van der Waals surface area contributed by atoms with Crippen molar-refractivity contribution in [3.63, 3.8) is 0 Å². The van der Waals surface area contributed by atoms with Gasteiger partial charge in [0.15, 0.2) is 0 Å². The van der Waals surface area contributed by atoms with Crippen molar-refractivity contribution in [2.45, 2.75) is 12.8 Å². The highest BCUT2D eigenvalue weighted by atomic mass is 15.2. The predicted octanol–water partition coefficient (Wildman–Crippen LogP) is 1.02.